The number of fused-ring (bicyclic) bond motifs is 1. The maximum atomic E-state index is 12.3. The van der Waals surface area contributed by atoms with Crippen molar-refractivity contribution in [2.45, 2.75) is 20.1 Å². The Morgan fingerprint density at radius 1 is 1.20 bits per heavy atom. The van der Waals surface area contributed by atoms with Gasteiger partial charge >= 0.3 is 0 Å². The lowest BCUT2D eigenvalue weighted by Gasteiger charge is -2.11. The molecule has 0 atom stereocenters. The molecule has 2 heterocycles. The predicted molar refractivity (Wildman–Crippen MR) is 111 cm³/mol. The van der Waals surface area contributed by atoms with Gasteiger partial charge < -0.3 is 18.9 Å². The van der Waals surface area contributed by atoms with Crippen molar-refractivity contribution in [1.29, 1.82) is 0 Å². The summed E-state index contributed by atoms with van der Waals surface area (Å²) < 4.78 is 23.8. The third-order valence-electron chi connectivity index (χ3n) is 4.71. The van der Waals surface area contributed by atoms with Gasteiger partial charge in [-0.25, -0.2) is 0 Å². The maximum absolute atomic E-state index is 12.3. The number of carbonyl (C=O) groups excluding carboxylic acids is 1. The number of ether oxygens (including phenoxy) is 4. The predicted octanol–water partition coefficient (Wildman–Crippen LogP) is 4.12. The molecule has 0 N–H and O–H groups in total. The molecule has 30 heavy (non-hydrogen) atoms. The summed E-state index contributed by atoms with van der Waals surface area (Å²) in [6.45, 7) is 3.23. The second-order valence-electron chi connectivity index (χ2n) is 6.66. The highest BCUT2D eigenvalue weighted by Crippen LogP contribution is 2.35. The highest BCUT2D eigenvalue weighted by atomic mass is 16.7. The van der Waals surface area contributed by atoms with E-state index in [4.69, 9.17) is 18.9 Å². The van der Waals surface area contributed by atoms with Crippen molar-refractivity contribution in [1.82, 2.24) is 9.78 Å². The Labute approximate surface area is 174 Å². The number of ketones is 1. The van der Waals surface area contributed by atoms with Crippen LogP contribution < -0.4 is 18.9 Å². The average Bonchev–Trinajstić information content (AvgIpc) is 3.45. The van der Waals surface area contributed by atoms with Gasteiger partial charge in [0, 0.05) is 24.4 Å². The summed E-state index contributed by atoms with van der Waals surface area (Å²) in [4.78, 5) is 12.3. The van der Waals surface area contributed by atoms with Gasteiger partial charge in [-0.05, 0) is 42.8 Å². The van der Waals surface area contributed by atoms with E-state index in [1.165, 1.54) is 0 Å². The maximum Gasteiger partial charge on any atom is 0.231 e. The van der Waals surface area contributed by atoms with E-state index < -0.39 is 0 Å². The fourth-order valence-electron chi connectivity index (χ4n) is 3.07. The van der Waals surface area contributed by atoms with E-state index in [9.17, 15) is 4.79 Å². The minimum atomic E-state index is -0.0938. The van der Waals surface area contributed by atoms with Crippen LogP contribution in [0.15, 0.2) is 54.9 Å². The third-order valence-corrected chi connectivity index (χ3v) is 4.71. The minimum absolute atomic E-state index is 0.0938. The molecular weight excluding hydrogens is 384 g/mol. The quantitative estimate of drug-likeness (QED) is 0.414. The van der Waals surface area contributed by atoms with Gasteiger partial charge in [-0.3, -0.25) is 9.48 Å². The van der Waals surface area contributed by atoms with Gasteiger partial charge in [-0.2, -0.15) is 5.10 Å². The van der Waals surface area contributed by atoms with Crippen LogP contribution in [0.25, 0.3) is 6.08 Å². The fraction of sp³-hybridized carbons (Fsp3) is 0.217. The Balaban J connectivity index is 1.46. The number of aromatic nitrogens is 2. The summed E-state index contributed by atoms with van der Waals surface area (Å²) in [5, 5.41) is 4.13. The summed E-state index contributed by atoms with van der Waals surface area (Å²) in [6.07, 6.45) is 6.64. The second kappa shape index (κ2) is 8.73. The molecule has 1 aromatic heterocycles. The van der Waals surface area contributed by atoms with Gasteiger partial charge in [-0.15, -0.1) is 0 Å². The van der Waals surface area contributed by atoms with Gasteiger partial charge in [0.25, 0.3) is 0 Å². The highest BCUT2D eigenvalue weighted by molar-refractivity contribution is 6.06. The first-order chi connectivity index (χ1) is 14.7. The van der Waals surface area contributed by atoms with E-state index >= 15 is 0 Å². The number of aryl methyl sites for hydroxylation is 1. The molecule has 3 aromatic rings. The number of nitrogens with zero attached hydrogens (tertiary/aromatic N) is 2. The van der Waals surface area contributed by atoms with Crippen LogP contribution in [0, 0.1) is 0 Å². The number of carbonyl (C=O) groups is 1. The molecule has 0 spiro atoms. The Morgan fingerprint density at radius 2 is 2.07 bits per heavy atom. The number of hydrogen-bond acceptors (Lipinski definition) is 6. The van der Waals surface area contributed by atoms with Crippen molar-refractivity contribution in [3.63, 3.8) is 0 Å². The Morgan fingerprint density at radius 3 is 2.87 bits per heavy atom. The molecule has 0 saturated carbocycles. The molecule has 0 bridgehead atoms. The molecule has 0 fully saturated rings. The van der Waals surface area contributed by atoms with Crippen LogP contribution in [0.5, 0.6) is 23.0 Å². The zero-order chi connectivity index (χ0) is 20.9. The SMILES string of the molecule is CCn1cc(C(=O)/C=C/c2ccc(OC)c(COc3ccc4c(c3)OCO4)c2)cn1. The summed E-state index contributed by atoms with van der Waals surface area (Å²) in [6, 6.07) is 11.1. The molecule has 2 aromatic carbocycles. The number of rotatable bonds is 8. The van der Waals surface area contributed by atoms with E-state index in [1.807, 2.05) is 37.3 Å². The van der Waals surface area contributed by atoms with E-state index in [1.54, 1.807) is 42.4 Å². The lowest BCUT2D eigenvalue weighted by Crippen LogP contribution is -1.99. The van der Waals surface area contributed by atoms with Gasteiger partial charge in [0.2, 0.25) is 6.79 Å². The summed E-state index contributed by atoms with van der Waals surface area (Å²) in [7, 11) is 1.61. The number of hydrogen-bond donors (Lipinski definition) is 0. The van der Waals surface area contributed by atoms with Crippen LogP contribution in [-0.4, -0.2) is 29.5 Å². The topological polar surface area (TPSA) is 71.8 Å². The first kappa shape index (κ1) is 19.6. The van der Waals surface area contributed by atoms with Crippen LogP contribution in [0.4, 0.5) is 0 Å². The van der Waals surface area contributed by atoms with Crippen LogP contribution in [0.2, 0.25) is 0 Å². The molecule has 154 valence electrons. The minimum Gasteiger partial charge on any atom is -0.496 e. The normalized spacial score (nSPS) is 12.3. The second-order valence-corrected chi connectivity index (χ2v) is 6.66. The molecule has 0 unspecified atom stereocenters. The Kier molecular flexibility index (Phi) is 5.70. The van der Waals surface area contributed by atoms with Crippen molar-refractivity contribution in [2.24, 2.45) is 0 Å². The molecule has 7 heteroatoms. The van der Waals surface area contributed by atoms with E-state index in [0.29, 0.717) is 35.2 Å². The Bertz CT molecular complexity index is 1090. The summed E-state index contributed by atoms with van der Waals surface area (Å²) >= 11 is 0. The van der Waals surface area contributed by atoms with Crippen molar-refractivity contribution in [3.05, 3.63) is 71.6 Å². The number of allylic oxidation sites excluding steroid dienone is 1. The molecule has 1 aliphatic rings. The molecular formula is C23H22N2O5. The number of benzene rings is 2. The lowest BCUT2D eigenvalue weighted by atomic mass is 10.1. The molecule has 7 nitrogen and oxygen atoms in total. The van der Waals surface area contributed by atoms with Crippen molar-refractivity contribution >= 4 is 11.9 Å². The van der Waals surface area contributed by atoms with Crippen LogP contribution in [0.3, 0.4) is 0 Å². The van der Waals surface area contributed by atoms with Crippen LogP contribution in [-0.2, 0) is 13.2 Å². The summed E-state index contributed by atoms with van der Waals surface area (Å²) in [5.41, 5.74) is 2.30. The molecule has 0 saturated heterocycles. The van der Waals surface area contributed by atoms with Crippen LogP contribution >= 0.6 is 0 Å². The van der Waals surface area contributed by atoms with Gasteiger partial charge in [0.05, 0.1) is 18.9 Å². The van der Waals surface area contributed by atoms with Gasteiger partial charge in [-0.1, -0.05) is 12.1 Å². The molecule has 0 aliphatic carbocycles. The van der Waals surface area contributed by atoms with Crippen LogP contribution in [0.1, 0.15) is 28.4 Å². The fourth-order valence-corrected chi connectivity index (χ4v) is 3.07. The molecule has 4 rings (SSSR count). The first-order valence-electron chi connectivity index (χ1n) is 9.60. The standard InChI is InChI=1S/C23H22N2O5/c1-3-25-13-18(12-24-25)20(26)7-4-16-5-8-21(27-2)17(10-16)14-28-19-6-9-22-23(11-19)30-15-29-22/h4-13H,3,14-15H2,1-2H3/b7-4+. The monoisotopic (exact) mass is 406 g/mol. The van der Waals surface area contributed by atoms with E-state index in [2.05, 4.69) is 5.10 Å². The zero-order valence-electron chi connectivity index (χ0n) is 16.8. The number of methoxy groups -OCH3 is 1. The van der Waals surface area contributed by atoms with Gasteiger partial charge in [0.1, 0.15) is 18.1 Å². The van der Waals surface area contributed by atoms with Crippen molar-refractivity contribution < 1.29 is 23.7 Å². The smallest absolute Gasteiger partial charge is 0.231 e. The molecule has 1 aliphatic heterocycles. The van der Waals surface area contributed by atoms with Crippen molar-refractivity contribution in [3.8, 4) is 23.0 Å². The lowest BCUT2D eigenvalue weighted by molar-refractivity contribution is 0.104. The Hall–Kier alpha value is -3.74. The van der Waals surface area contributed by atoms with E-state index in [-0.39, 0.29) is 12.6 Å². The van der Waals surface area contributed by atoms with Gasteiger partial charge in [0.15, 0.2) is 17.3 Å². The summed E-state index contributed by atoms with van der Waals surface area (Å²) in [5.74, 6) is 2.67. The van der Waals surface area contributed by atoms with Crippen molar-refractivity contribution in [2.75, 3.05) is 13.9 Å². The highest BCUT2D eigenvalue weighted by Gasteiger charge is 2.14. The largest absolute Gasteiger partial charge is 0.496 e. The molecule has 0 amide bonds. The average molecular weight is 406 g/mol. The van der Waals surface area contributed by atoms with E-state index in [0.717, 1.165) is 17.7 Å². The first-order valence-corrected chi connectivity index (χ1v) is 9.60. The third kappa shape index (κ3) is 4.30. The molecule has 0 radical (unpaired) electrons. The zero-order valence-corrected chi connectivity index (χ0v) is 16.8.